The summed E-state index contributed by atoms with van der Waals surface area (Å²) < 4.78 is 11.0. The van der Waals surface area contributed by atoms with Gasteiger partial charge in [-0.2, -0.15) is 0 Å². The van der Waals surface area contributed by atoms with Gasteiger partial charge in [0.1, 0.15) is 5.75 Å². The van der Waals surface area contributed by atoms with E-state index >= 15 is 0 Å². The van der Waals surface area contributed by atoms with Gasteiger partial charge in [0.25, 0.3) is 0 Å². The molecule has 0 spiro atoms. The molecule has 1 unspecified atom stereocenters. The number of hydrogen-bond acceptors (Lipinski definition) is 3. The molecule has 0 fully saturated rings. The van der Waals surface area contributed by atoms with E-state index in [-0.39, 0.29) is 6.10 Å². The summed E-state index contributed by atoms with van der Waals surface area (Å²) in [7, 11) is 1.68. The Labute approximate surface area is 110 Å². The summed E-state index contributed by atoms with van der Waals surface area (Å²) in [5.41, 5.74) is 1.15. The highest BCUT2D eigenvalue weighted by molar-refractivity contribution is 5.27. The minimum atomic E-state index is 0.230. The Morgan fingerprint density at radius 3 is 2.89 bits per heavy atom. The summed E-state index contributed by atoms with van der Waals surface area (Å²) >= 11 is 0. The maximum absolute atomic E-state index is 5.79. The maximum atomic E-state index is 5.79. The van der Waals surface area contributed by atoms with Crippen molar-refractivity contribution in [1.82, 2.24) is 5.32 Å². The molecule has 1 aromatic carbocycles. The smallest absolute Gasteiger partial charge is 0.119 e. The zero-order valence-electron chi connectivity index (χ0n) is 11.7. The van der Waals surface area contributed by atoms with E-state index in [0.717, 1.165) is 24.4 Å². The molecule has 0 aliphatic rings. The Morgan fingerprint density at radius 1 is 1.33 bits per heavy atom. The maximum Gasteiger partial charge on any atom is 0.119 e. The monoisotopic (exact) mass is 251 g/mol. The van der Waals surface area contributed by atoms with Crippen molar-refractivity contribution in [3.05, 3.63) is 29.8 Å². The van der Waals surface area contributed by atoms with Gasteiger partial charge in [-0.15, -0.1) is 0 Å². The van der Waals surface area contributed by atoms with Gasteiger partial charge in [-0.1, -0.05) is 25.5 Å². The van der Waals surface area contributed by atoms with Gasteiger partial charge in [0, 0.05) is 6.54 Å². The molecule has 18 heavy (non-hydrogen) atoms. The van der Waals surface area contributed by atoms with Crippen molar-refractivity contribution in [2.24, 2.45) is 0 Å². The van der Waals surface area contributed by atoms with Crippen LogP contribution in [0, 0.1) is 0 Å². The standard InChI is InChI=1S/C15H25NO2/c1-4-5-9-16-11-13(2)18-12-14-7-6-8-15(10-14)17-3/h6-8,10,13,16H,4-5,9,11-12H2,1-3H3. The van der Waals surface area contributed by atoms with Gasteiger partial charge in [-0.05, 0) is 37.6 Å². The van der Waals surface area contributed by atoms with E-state index in [4.69, 9.17) is 9.47 Å². The molecule has 1 aromatic rings. The molecule has 3 heteroatoms. The average Bonchev–Trinajstić information content (AvgIpc) is 2.41. The van der Waals surface area contributed by atoms with Gasteiger partial charge in [0.2, 0.25) is 0 Å². The number of hydrogen-bond donors (Lipinski definition) is 1. The second-order valence-corrected chi connectivity index (χ2v) is 4.53. The number of nitrogens with one attached hydrogen (secondary N) is 1. The molecule has 0 bridgehead atoms. The topological polar surface area (TPSA) is 30.5 Å². The molecule has 0 aliphatic carbocycles. The van der Waals surface area contributed by atoms with E-state index in [0.29, 0.717) is 6.61 Å². The SMILES string of the molecule is CCCCNCC(C)OCc1cccc(OC)c1. The summed E-state index contributed by atoms with van der Waals surface area (Å²) in [5.74, 6) is 0.879. The normalized spacial score (nSPS) is 12.4. The summed E-state index contributed by atoms with van der Waals surface area (Å²) in [6.45, 7) is 6.91. The van der Waals surface area contributed by atoms with Gasteiger partial charge >= 0.3 is 0 Å². The Hall–Kier alpha value is -1.06. The predicted molar refractivity (Wildman–Crippen MR) is 75.0 cm³/mol. The minimum absolute atomic E-state index is 0.230. The molecule has 1 atom stereocenters. The molecule has 102 valence electrons. The van der Waals surface area contributed by atoms with Crippen molar-refractivity contribution < 1.29 is 9.47 Å². The number of rotatable bonds is 9. The Kier molecular flexibility index (Phi) is 7.46. The van der Waals surface area contributed by atoms with Gasteiger partial charge in [0.15, 0.2) is 0 Å². The zero-order valence-corrected chi connectivity index (χ0v) is 11.7. The Bertz CT molecular complexity index is 328. The molecule has 0 saturated carbocycles. The first-order chi connectivity index (χ1) is 8.76. The fourth-order valence-electron chi connectivity index (χ4n) is 1.67. The van der Waals surface area contributed by atoms with E-state index in [1.807, 2.05) is 18.2 Å². The molecule has 0 radical (unpaired) electrons. The molecule has 1 rings (SSSR count). The van der Waals surface area contributed by atoms with Gasteiger partial charge in [0.05, 0.1) is 19.8 Å². The van der Waals surface area contributed by atoms with E-state index in [9.17, 15) is 0 Å². The highest BCUT2D eigenvalue weighted by Crippen LogP contribution is 2.13. The number of benzene rings is 1. The summed E-state index contributed by atoms with van der Waals surface area (Å²) in [5, 5.41) is 3.40. The second kappa shape index (κ2) is 8.95. The zero-order chi connectivity index (χ0) is 13.2. The van der Waals surface area contributed by atoms with Crippen LogP contribution in [0.2, 0.25) is 0 Å². The van der Waals surface area contributed by atoms with E-state index < -0.39 is 0 Å². The van der Waals surface area contributed by atoms with Crippen molar-refractivity contribution in [3.8, 4) is 5.75 Å². The Balaban J connectivity index is 2.22. The van der Waals surface area contributed by atoms with Gasteiger partial charge in [-0.25, -0.2) is 0 Å². The fourth-order valence-corrected chi connectivity index (χ4v) is 1.67. The second-order valence-electron chi connectivity index (χ2n) is 4.53. The van der Waals surface area contributed by atoms with E-state index in [1.165, 1.54) is 12.8 Å². The molecule has 1 N–H and O–H groups in total. The van der Waals surface area contributed by atoms with Gasteiger partial charge in [-0.3, -0.25) is 0 Å². The number of methoxy groups -OCH3 is 1. The number of unbranched alkanes of at least 4 members (excludes halogenated alkanes) is 1. The molecular weight excluding hydrogens is 226 g/mol. The third-order valence-electron chi connectivity index (χ3n) is 2.81. The van der Waals surface area contributed by atoms with Crippen LogP contribution in [0.1, 0.15) is 32.3 Å². The van der Waals surface area contributed by atoms with E-state index in [2.05, 4.69) is 25.2 Å². The van der Waals surface area contributed by atoms with Crippen LogP contribution in [0.4, 0.5) is 0 Å². The first kappa shape index (κ1) is 15.0. The molecular formula is C15H25NO2. The first-order valence-corrected chi connectivity index (χ1v) is 6.71. The van der Waals surface area contributed by atoms with Crippen LogP contribution >= 0.6 is 0 Å². The molecule has 0 saturated heterocycles. The largest absolute Gasteiger partial charge is 0.497 e. The molecule has 3 nitrogen and oxygen atoms in total. The first-order valence-electron chi connectivity index (χ1n) is 6.71. The predicted octanol–water partition coefficient (Wildman–Crippen LogP) is 2.99. The molecule has 0 amide bonds. The fraction of sp³-hybridized carbons (Fsp3) is 0.600. The summed E-state index contributed by atoms with van der Waals surface area (Å²) in [6.07, 6.45) is 2.68. The lowest BCUT2D eigenvalue weighted by molar-refractivity contribution is 0.0532. The van der Waals surface area contributed by atoms with Crippen molar-refractivity contribution in [2.75, 3.05) is 20.2 Å². The van der Waals surface area contributed by atoms with Gasteiger partial charge < -0.3 is 14.8 Å². The molecule has 0 aliphatic heterocycles. The minimum Gasteiger partial charge on any atom is -0.497 e. The van der Waals surface area contributed by atoms with Crippen LogP contribution in [0.5, 0.6) is 5.75 Å². The van der Waals surface area contributed by atoms with Crippen LogP contribution in [-0.4, -0.2) is 26.3 Å². The number of ether oxygens (including phenoxy) is 2. The van der Waals surface area contributed by atoms with Crippen molar-refractivity contribution >= 4 is 0 Å². The molecule has 0 heterocycles. The van der Waals surface area contributed by atoms with Crippen LogP contribution in [-0.2, 0) is 11.3 Å². The third kappa shape index (κ3) is 6.03. The van der Waals surface area contributed by atoms with Crippen LogP contribution in [0.3, 0.4) is 0 Å². The highest BCUT2D eigenvalue weighted by atomic mass is 16.5. The van der Waals surface area contributed by atoms with Crippen LogP contribution in [0.25, 0.3) is 0 Å². The lowest BCUT2D eigenvalue weighted by Crippen LogP contribution is -2.27. The highest BCUT2D eigenvalue weighted by Gasteiger charge is 2.02. The van der Waals surface area contributed by atoms with Crippen molar-refractivity contribution in [2.45, 2.75) is 39.4 Å². The summed E-state index contributed by atoms with van der Waals surface area (Å²) in [6, 6.07) is 8.00. The van der Waals surface area contributed by atoms with Crippen LogP contribution in [0.15, 0.2) is 24.3 Å². The Morgan fingerprint density at radius 2 is 2.17 bits per heavy atom. The van der Waals surface area contributed by atoms with Crippen molar-refractivity contribution in [3.63, 3.8) is 0 Å². The average molecular weight is 251 g/mol. The quantitative estimate of drug-likeness (QED) is 0.684. The third-order valence-corrected chi connectivity index (χ3v) is 2.81. The van der Waals surface area contributed by atoms with E-state index in [1.54, 1.807) is 7.11 Å². The summed E-state index contributed by atoms with van der Waals surface area (Å²) in [4.78, 5) is 0. The lowest BCUT2D eigenvalue weighted by atomic mass is 10.2. The van der Waals surface area contributed by atoms with Crippen molar-refractivity contribution in [1.29, 1.82) is 0 Å². The van der Waals surface area contributed by atoms with Crippen LogP contribution < -0.4 is 10.1 Å². The lowest BCUT2D eigenvalue weighted by Gasteiger charge is -2.14. The molecule has 0 aromatic heterocycles.